The van der Waals surface area contributed by atoms with E-state index in [-0.39, 0.29) is 6.10 Å². The SMILES string of the molecule is CCCCCCCCCCCCCCCCCCCC[C@@H](O)CCC1CCC1. The minimum atomic E-state index is -0.0124. The summed E-state index contributed by atoms with van der Waals surface area (Å²) in [6, 6.07) is 0. The lowest BCUT2D eigenvalue weighted by Gasteiger charge is -2.26. The molecule has 1 heteroatoms. The number of hydrogen-bond acceptors (Lipinski definition) is 1. The van der Waals surface area contributed by atoms with Crippen LogP contribution in [0.4, 0.5) is 0 Å². The predicted molar refractivity (Wildman–Crippen MR) is 126 cm³/mol. The van der Waals surface area contributed by atoms with Gasteiger partial charge in [-0.05, 0) is 25.2 Å². The van der Waals surface area contributed by atoms with E-state index in [0.29, 0.717) is 0 Å². The maximum absolute atomic E-state index is 10.1. The molecule has 28 heavy (non-hydrogen) atoms. The Kier molecular flexibility index (Phi) is 18.8. The van der Waals surface area contributed by atoms with Gasteiger partial charge in [0.2, 0.25) is 0 Å². The minimum Gasteiger partial charge on any atom is -0.393 e. The Morgan fingerprint density at radius 1 is 0.571 bits per heavy atom. The maximum atomic E-state index is 10.1. The molecule has 0 aliphatic heterocycles. The Bertz CT molecular complexity index is 297. The lowest BCUT2D eigenvalue weighted by atomic mass is 9.81. The first kappa shape index (κ1) is 26.0. The van der Waals surface area contributed by atoms with Crippen LogP contribution < -0.4 is 0 Å². The first-order valence-electron chi connectivity index (χ1n) is 13.5. The fourth-order valence-corrected chi connectivity index (χ4v) is 4.64. The molecule has 0 aromatic carbocycles. The summed E-state index contributed by atoms with van der Waals surface area (Å²) >= 11 is 0. The van der Waals surface area contributed by atoms with Crippen molar-refractivity contribution in [3.8, 4) is 0 Å². The summed E-state index contributed by atoms with van der Waals surface area (Å²) in [5, 5.41) is 10.1. The van der Waals surface area contributed by atoms with Crippen LogP contribution in [-0.4, -0.2) is 11.2 Å². The van der Waals surface area contributed by atoms with Gasteiger partial charge in [-0.3, -0.25) is 0 Å². The molecule has 1 fully saturated rings. The number of aliphatic hydroxyl groups is 1. The molecule has 0 bridgehead atoms. The van der Waals surface area contributed by atoms with Gasteiger partial charge in [0.05, 0.1) is 6.10 Å². The van der Waals surface area contributed by atoms with E-state index in [1.807, 2.05) is 0 Å². The number of aliphatic hydroxyl groups excluding tert-OH is 1. The van der Waals surface area contributed by atoms with E-state index in [1.165, 1.54) is 141 Å². The smallest absolute Gasteiger partial charge is 0.0540 e. The third kappa shape index (κ3) is 16.9. The van der Waals surface area contributed by atoms with Crippen molar-refractivity contribution in [3.63, 3.8) is 0 Å². The van der Waals surface area contributed by atoms with Crippen molar-refractivity contribution in [1.82, 2.24) is 0 Å². The predicted octanol–water partition coefficient (Wildman–Crippen LogP) is 9.36. The molecule has 0 saturated heterocycles. The van der Waals surface area contributed by atoms with E-state index in [9.17, 15) is 5.11 Å². The highest BCUT2D eigenvalue weighted by Gasteiger charge is 2.18. The van der Waals surface area contributed by atoms with Gasteiger partial charge in [0.1, 0.15) is 0 Å². The Morgan fingerprint density at radius 2 is 0.964 bits per heavy atom. The second-order valence-electron chi connectivity index (χ2n) is 9.83. The summed E-state index contributed by atoms with van der Waals surface area (Å²) in [6.07, 6.45) is 33.4. The zero-order valence-corrected chi connectivity index (χ0v) is 19.6. The van der Waals surface area contributed by atoms with Crippen LogP contribution in [0.3, 0.4) is 0 Å². The topological polar surface area (TPSA) is 20.2 Å². The van der Waals surface area contributed by atoms with Crippen LogP contribution >= 0.6 is 0 Å². The summed E-state index contributed by atoms with van der Waals surface area (Å²) in [4.78, 5) is 0. The normalized spacial score (nSPS) is 15.6. The van der Waals surface area contributed by atoms with Crippen molar-refractivity contribution in [1.29, 1.82) is 0 Å². The molecule has 1 aliphatic rings. The molecule has 0 unspecified atom stereocenters. The molecule has 0 radical (unpaired) electrons. The molecule has 1 aliphatic carbocycles. The number of hydrogen-bond donors (Lipinski definition) is 1. The molecule has 1 rings (SSSR count). The molecular weight excluding hydrogens is 340 g/mol. The van der Waals surface area contributed by atoms with Crippen LogP contribution in [0.1, 0.15) is 161 Å². The summed E-state index contributed by atoms with van der Waals surface area (Å²) in [5.74, 6) is 0.954. The lowest BCUT2D eigenvalue weighted by molar-refractivity contribution is 0.132. The molecule has 1 saturated carbocycles. The zero-order valence-electron chi connectivity index (χ0n) is 19.6. The molecule has 168 valence electrons. The third-order valence-electron chi connectivity index (χ3n) is 7.02. The van der Waals surface area contributed by atoms with Crippen molar-refractivity contribution in [2.45, 2.75) is 167 Å². The molecule has 0 aromatic rings. The summed E-state index contributed by atoms with van der Waals surface area (Å²) < 4.78 is 0. The van der Waals surface area contributed by atoms with Gasteiger partial charge in [-0.1, -0.05) is 142 Å². The van der Waals surface area contributed by atoms with Crippen LogP contribution in [0.2, 0.25) is 0 Å². The van der Waals surface area contributed by atoms with E-state index in [2.05, 4.69) is 6.92 Å². The van der Waals surface area contributed by atoms with Crippen LogP contribution in [0, 0.1) is 5.92 Å². The van der Waals surface area contributed by atoms with E-state index in [1.54, 1.807) is 0 Å². The van der Waals surface area contributed by atoms with Crippen LogP contribution in [0.25, 0.3) is 0 Å². The van der Waals surface area contributed by atoms with Crippen molar-refractivity contribution < 1.29 is 5.11 Å². The molecule has 0 aromatic heterocycles. The molecule has 0 amide bonds. The number of rotatable bonds is 22. The highest BCUT2D eigenvalue weighted by atomic mass is 16.3. The van der Waals surface area contributed by atoms with E-state index < -0.39 is 0 Å². The van der Waals surface area contributed by atoms with E-state index >= 15 is 0 Å². The summed E-state index contributed by atoms with van der Waals surface area (Å²) in [7, 11) is 0. The van der Waals surface area contributed by atoms with Crippen LogP contribution in [-0.2, 0) is 0 Å². The minimum absolute atomic E-state index is 0.0124. The lowest BCUT2D eigenvalue weighted by Crippen LogP contribution is -2.15. The Morgan fingerprint density at radius 3 is 1.32 bits per heavy atom. The average molecular weight is 395 g/mol. The monoisotopic (exact) mass is 394 g/mol. The summed E-state index contributed by atoms with van der Waals surface area (Å²) in [6.45, 7) is 2.30. The first-order valence-corrected chi connectivity index (χ1v) is 13.5. The maximum Gasteiger partial charge on any atom is 0.0540 e. The van der Waals surface area contributed by atoms with Gasteiger partial charge in [0.25, 0.3) is 0 Å². The van der Waals surface area contributed by atoms with Crippen LogP contribution in [0.5, 0.6) is 0 Å². The van der Waals surface area contributed by atoms with Crippen molar-refractivity contribution >= 4 is 0 Å². The van der Waals surface area contributed by atoms with Crippen molar-refractivity contribution in [2.24, 2.45) is 5.92 Å². The Hall–Kier alpha value is -0.0400. The standard InChI is InChI=1S/C27H54O/c1-2-3-4-5-6-7-8-9-10-11-12-13-14-15-16-17-18-19-23-27(28)25-24-26-21-20-22-26/h26-28H,2-25H2,1H3/t27-/m1/s1. The van der Waals surface area contributed by atoms with Crippen molar-refractivity contribution in [3.05, 3.63) is 0 Å². The van der Waals surface area contributed by atoms with E-state index in [0.717, 1.165) is 18.8 Å². The molecule has 0 spiro atoms. The third-order valence-corrected chi connectivity index (χ3v) is 7.02. The zero-order chi connectivity index (χ0) is 20.1. The van der Waals surface area contributed by atoms with Gasteiger partial charge >= 0.3 is 0 Å². The fourth-order valence-electron chi connectivity index (χ4n) is 4.64. The fraction of sp³-hybridized carbons (Fsp3) is 1.00. The van der Waals surface area contributed by atoms with Gasteiger partial charge in [0, 0.05) is 0 Å². The molecule has 0 heterocycles. The summed E-state index contributed by atoms with van der Waals surface area (Å²) in [5.41, 5.74) is 0. The first-order chi connectivity index (χ1) is 13.8. The highest BCUT2D eigenvalue weighted by Crippen LogP contribution is 2.31. The van der Waals surface area contributed by atoms with Gasteiger partial charge < -0.3 is 5.11 Å². The van der Waals surface area contributed by atoms with Gasteiger partial charge in [-0.25, -0.2) is 0 Å². The quantitative estimate of drug-likeness (QED) is 0.181. The molecule has 1 atom stereocenters. The highest BCUT2D eigenvalue weighted by molar-refractivity contribution is 4.71. The van der Waals surface area contributed by atoms with Crippen LogP contribution in [0.15, 0.2) is 0 Å². The Labute approximate surface area is 178 Å². The van der Waals surface area contributed by atoms with Gasteiger partial charge in [-0.2, -0.15) is 0 Å². The number of unbranched alkanes of at least 4 members (excludes halogenated alkanes) is 17. The molecule has 1 nitrogen and oxygen atoms in total. The Balaban J connectivity index is 1.65. The van der Waals surface area contributed by atoms with Gasteiger partial charge in [0.15, 0.2) is 0 Å². The average Bonchev–Trinajstić information content (AvgIpc) is 2.66. The largest absolute Gasteiger partial charge is 0.393 e. The second-order valence-corrected chi connectivity index (χ2v) is 9.83. The van der Waals surface area contributed by atoms with Gasteiger partial charge in [-0.15, -0.1) is 0 Å². The molecule has 1 N–H and O–H groups in total. The van der Waals surface area contributed by atoms with Crippen molar-refractivity contribution in [2.75, 3.05) is 0 Å². The second kappa shape index (κ2) is 20.2. The van der Waals surface area contributed by atoms with E-state index in [4.69, 9.17) is 0 Å². The molecular formula is C27H54O.